The minimum atomic E-state index is -0.450. The maximum absolute atomic E-state index is 12.1. The third kappa shape index (κ3) is 3.87. The first-order valence-corrected chi connectivity index (χ1v) is 11.5. The molecule has 31 heavy (non-hydrogen) atoms. The van der Waals surface area contributed by atoms with Gasteiger partial charge in [0.1, 0.15) is 0 Å². The Hall–Kier alpha value is -2.66. The van der Waals surface area contributed by atoms with Gasteiger partial charge < -0.3 is 14.4 Å². The smallest absolute Gasteiger partial charge is 0.253 e. The molecular formula is C26H31N3O2. The van der Waals surface area contributed by atoms with Crippen LogP contribution in [0.15, 0.2) is 48.9 Å². The average Bonchev–Trinajstić information content (AvgIpc) is 3.54. The zero-order valence-corrected chi connectivity index (χ0v) is 18.4. The third-order valence-electron chi connectivity index (χ3n) is 7.21. The van der Waals surface area contributed by atoms with E-state index in [0.717, 1.165) is 42.5 Å². The summed E-state index contributed by atoms with van der Waals surface area (Å²) in [4.78, 5) is 18.1. The fraction of sp³-hybridized carbons (Fsp3) is 0.462. The van der Waals surface area contributed by atoms with Gasteiger partial charge in [-0.2, -0.15) is 0 Å². The fourth-order valence-electron chi connectivity index (χ4n) is 5.23. The Balaban J connectivity index is 1.30. The van der Waals surface area contributed by atoms with Crippen molar-refractivity contribution in [2.24, 2.45) is 5.92 Å². The van der Waals surface area contributed by atoms with Crippen molar-refractivity contribution in [1.82, 2.24) is 14.3 Å². The molecule has 1 aromatic carbocycles. The molecule has 5 heteroatoms. The zero-order valence-electron chi connectivity index (χ0n) is 18.4. The van der Waals surface area contributed by atoms with Crippen molar-refractivity contribution >= 4 is 11.4 Å². The number of aromatic nitrogens is 2. The van der Waals surface area contributed by atoms with E-state index < -0.39 is 6.10 Å². The highest BCUT2D eigenvalue weighted by Gasteiger charge is 2.34. The van der Waals surface area contributed by atoms with E-state index in [0.29, 0.717) is 11.8 Å². The summed E-state index contributed by atoms with van der Waals surface area (Å²) in [6.07, 6.45) is 9.88. The SMILES string of the molecule is CN(C)C(=O)c1ccc([C@H]2CC[C@H]([C@@H](O)c3c(C4CC4)ccc4cncn34)CC2)cc1. The summed E-state index contributed by atoms with van der Waals surface area (Å²) in [6, 6.07) is 12.4. The highest BCUT2D eigenvalue weighted by molar-refractivity contribution is 5.93. The molecule has 0 unspecified atom stereocenters. The first-order chi connectivity index (χ1) is 15.0. The van der Waals surface area contributed by atoms with Crippen molar-refractivity contribution in [3.8, 4) is 0 Å². The minimum Gasteiger partial charge on any atom is -0.387 e. The van der Waals surface area contributed by atoms with Gasteiger partial charge in [0.05, 0.1) is 29.8 Å². The van der Waals surface area contributed by atoms with Gasteiger partial charge in [0.15, 0.2) is 0 Å². The van der Waals surface area contributed by atoms with Gasteiger partial charge >= 0.3 is 0 Å². The summed E-state index contributed by atoms with van der Waals surface area (Å²) in [5.41, 5.74) is 5.46. The van der Waals surface area contributed by atoms with Crippen LogP contribution in [0.1, 0.15) is 83.6 Å². The maximum Gasteiger partial charge on any atom is 0.253 e. The molecule has 2 aliphatic carbocycles. The number of carbonyl (C=O) groups excluding carboxylic acids is 1. The molecule has 2 fully saturated rings. The summed E-state index contributed by atoms with van der Waals surface area (Å²) in [6.45, 7) is 0. The molecular weight excluding hydrogens is 386 g/mol. The van der Waals surface area contributed by atoms with Crippen LogP contribution in [0.4, 0.5) is 0 Å². The molecule has 3 aromatic rings. The fourth-order valence-corrected chi connectivity index (χ4v) is 5.23. The Kier molecular flexibility index (Phi) is 5.30. The van der Waals surface area contributed by atoms with Gasteiger partial charge in [-0.15, -0.1) is 0 Å². The maximum atomic E-state index is 12.1. The molecule has 2 heterocycles. The summed E-state index contributed by atoms with van der Waals surface area (Å²) in [7, 11) is 3.56. The summed E-state index contributed by atoms with van der Waals surface area (Å²) < 4.78 is 2.10. The molecule has 1 atom stereocenters. The van der Waals surface area contributed by atoms with Crippen LogP contribution in [0.5, 0.6) is 0 Å². The van der Waals surface area contributed by atoms with Gasteiger partial charge in [0, 0.05) is 19.7 Å². The van der Waals surface area contributed by atoms with Gasteiger partial charge in [-0.25, -0.2) is 4.98 Å². The molecule has 0 spiro atoms. The summed E-state index contributed by atoms with van der Waals surface area (Å²) in [5, 5.41) is 11.4. The Morgan fingerprint density at radius 3 is 2.32 bits per heavy atom. The van der Waals surface area contributed by atoms with E-state index >= 15 is 0 Å². The zero-order chi connectivity index (χ0) is 21.5. The molecule has 0 radical (unpaired) electrons. The van der Waals surface area contributed by atoms with E-state index in [1.807, 2.05) is 24.7 Å². The lowest BCUT2D eigenvalue weighted by atomic mass is 9.75. The first-order valence-electron chi connectivity index (χ1n) is 11.5. The van der Waals surface area contributed by atoms with Crippen molar-refractivity contribution in [2.45, 2.75) is 56.5 Å². The largest absolute Gasteiger partial charge is 0.387 e. The second-order valence-corrected chi connectivity index (χ2v) is 9.51. The van der Waals surface area contributed by atoms with E-state index in [-0.39, 0.29) is 11.8 Å². The van der Waals surface area contributed by atoms with E-state index in [2.05, 4.69) is 33.7 Å². The topological polar surface area (TPSA) is 57.8 Å². The van der Waals surface area contributed by atoms with Gasteiger partial charge in [-0.05, 0) is 85.6 Å². The van der Waals surface area contributed by atoms with Gasteiger partial charge in [0.2, 0.25) is 0 Å². The van der Waals surface area contributed by atoms with Crippen LogP contribution < -0.4 is 0 Å². The van der Waals surface area contributed by atoms with Gasteiger partial charge in [-0.1, -0.05) is 18.2 Å². The number of pyridine rings is 1. The molecule has 2 aliphatic rings. The standard InChI is InChI=1S/C26H31N3O2/c1-28(2)26(31)21-11-5-18(6-12-21)17-3-9-20(10-4-17)25(30)24-23(19-7-8-19)14-13-22-15-27-16-29(22)24/h5-6,11-17,19-20,25,30H,3-4,7-10H2,1-2H3/t17-,20-,25-/m1/s1. The quantitative estimate of drug-likeness (QED) is 0.641. The molecule has 1 N–H and O–H groups in total. The highest BCUT2D eigenvalue weighted by atomic mass is 16.3. The molecule has 0 bridgehead atoms. The molecule has 1 amide bonds. The summed E-state index contributed by atoms with van der Waals surface area (Å²) in [5.74, 6) is 1.41. The lowest BCUT2D eigenvalue weighted by molar-refractivity contribution is 0.0754. The second kappa shape index (κ2) is 8.12. The molecule has 2 saturated carbocycles. The van der Waals surface area contributed by atoms with E-state index in [9.17, 15) is 9.90 Å². The van der Waals surface area contributed by atoms with Crippen LogP contribution in [0.2, 0.25) is 0 Å². The predicted molar refractivity (Wildman–Crippen MR) is 121 cm³/mol. The van der Waals surface area contributed by atoms with E-state index in [1.165, 1.54) is 24.0 Å². The third-order valence-corrected chi connectivity index (χ3v) is 7.21. The van der Waals surface area contributed by atoms with Crippen molar-refractivity contribution in [3.05, 3.63) is 71.3 Å². The van der Waals surface area contributed by atoms with Gasteiger partial charge in [0.25, 0.3) is 5.91 Å². The van der Waals surface area contributed by atoms with Gasteiger partial charge in [-0.3, -0.25) is 4.79 Å². The highest BCUT2D eigenvalue weighted by Crippen LogP contribution is 2.47. The number of fused-ring (bicyclic) bond motifs is 1. The van der Waals surface area contributed by atoms with Crippen molar-refractivity contribution < 1.29 is 9.90 Å². The number of hydrogen-bond donors (Lipinski definition) is 1. The Morgan fingerprint density at radius 2 is 1.68 bits per heavy atom. The van der Waals surface area contributed by atoms with E-state index in [1.54, 1.807) is 19.0 Å². The van der Waals surface area contributed by atoms with Crippen molar-refractivity contribution in [2.75, 3.05) is 14.1 Å². The normalized spacial score (nSPS) is 22.4. The number of rotatable bonds is 5. The van der Waals surface area contributed by atoms with Crippen LogP contribution in [0, 0.1) is 5.92 Å². The number of amides is 1. The Morgan fingerprint density at radius 1 is 1.00 bits per heavy atom. The molecule has 162 valence electrons. The Bertz CT molecular complexity index is 1070. The van der Waals surface area contributed by atoms with Crippen LogP contribution in [0.3, 0.4) is 0 Å². The van der Waals surface area contributed by atoms with Crippen LogP contribution >= 0.6 is 0 Å². The molecule has 0 aliphatic heterocycles. The van der Waals surface area contributed by atoms with Crippen LogP contribution in [-0.2, 0) is 0 Å². The number of benzene rings is 1. The van der Waals surface area contributed by atoms with Crippen LogP contribution in [0.25, 0.3) is 5.52 Å². The average molecular weight is 418 g/mol. The first kappa shape index (κ1) is 20.3. The predicted octanol–water partition coefficient (Wildman–Crippen LogP) is 4.92. The molecule has 0 saturated heterocycles. The second-order valence-electron chi connectivity index (χ2n) is 9.51. The molecule has 2 aromatic heterocycles. The van der Waals surface area contributed by atoms with E-state index in [4.69, 9.17) is 0 Å². The lowest BCUT2D eigenvalue weighted by Gasteiger charge is -2.33. The van der Waals surface area contributed by atoms with Crippen molar-refractivity contribution in [3.63, 3.8) is 0 Å². The monoisotopic (exact) mass is 417 g/mol. The number of imidazole rings is 1. The minimum absolute atomic E-state index is 0.0403. The summed E-state index contributed by atoms with van der Waals surface area (Å²) >= 11 is 0. The molecule has 5 nitrogen and oxygen atoms in total. The molecule has 5 rings (SSSR count). The number of hydrogen-bond acceptors (Lipinski definition) is 3. The number of nitrogens with zero attached hydrogens (tertiary/aromatic N) is 3. The van der Waals surface area contributed by atoms with Crippen LogP contribution in [-0.4, -0.2) is 39.4 Å². The Labute approximate surface area is 183 Å². The number of aliphatic hydroxyl groups is 1. The number of carbonyl (C=O) groups is 1. The lowest BCUT2D eigenvalue weighted by Crippen LogP contribution is -2.23. The van der Waals surface area contributed by atoms with Crippen molar-refractivity contribution in [1.29, 1.82) is 0 Å². The number of aliphatic hydroxyl groups excluding tert-OH is 1.